The van der Waals surface area contributed by atoms with Crippen molar-refractivity contribution in [3.05, 3.63) is 23.8 Å². The zero-order valence-electron chi connectivity index (χ0n) is 6.63. The zero-order valence-corrected chi connectivity index (χ0v) is 6.63. The van der Waals surface area contributed by atoms with Crippen LogP contribution in [0.2, 0.25) is 0 Å². The van der Waals surface area contributed by atoms with Gasteiger partial charge in [-0.15, -0.1) is 6.58 Å². The molecule has 0 aromatic heterocycles. The topological polar surface area (TPSA) is 0 Å². The fourth-order valence-corrected chi connectivity index (χ4v) is 0.748. The quantitative estimate of drug-likeness (QED) is 0.548. The van der Waals surface area contributed by atoms with Gasteiger partial charge in [0, 0.05) is 5.57 Å². The van der Waals surface area contributed by atoms with Crippen LogP contribution in [-0.4, -0.2) is 6.18 Å². The van der Waals surface area contributed by atoms with Crippen LogP contribution in [0.3, 0.4) is 0 Å². The minimum absolute atomic E-state index is 0.105. The average Bonchev–Trinajstić information content (AvgIpc) is 1.79. The van der Waals surface area contributed by atoms with Crippen molar-refractivity contribution in [1.29, 1.82) is 0 Å². The molecule has 0 saturated carbocycles. The molecule has 0 heterocycles. The highest BCUT2D eigenvalue weighted by Crippen LogP contribution is 2.30. The Balaban J connectivity index is 4.63. The standard InChI is InChI=1S/C8H11F3/c1-4-5-7(6(2)3)8(9,10)11/h4H,1,5H2,2-3H3. The van der Waals surface area contributed by atoms with E-state index >= 15 is 0 Å². The first kappa shape index (κ1) is 10.3. The van der Waals surface area contributed by atoms with Gasteiger partial charge in [-0.2, -0.15) is 13.2 Å². The van der Waals surface area contributed by atoms with E-state index in [-0.39, 0.29) is 6.42 Å². The average molecular weight is 164 g/mol. The Morgan fingerprint density at radius 2 is 1.82 bits per heavy atom. The van der Waals surface area contributed by atoms with Crippen LogP contribution >= 0.6 is 0 Å². The molecule has 0 aromatic rings. The minimum Gasteiger partial charge on any atom is -0.166 e. The van der Waals surface area contributed by atoms with E-state index in [1.807, 2.05) is 0 Å². The fourth-order valence-electron chi connectivity index (χ4n) is 0.748. The van der Waals surface area contributed by atoms with E-state index < -0.39 is 11.7 Å². The lowest BCUT2D eigenvalue weighted by molar-refractivity contribution is -0.0937. The SMILES string of the molecule is C=CCC(=C(C)C)C(F)(F)F. The first-order valence-corrected chi connectivity index (χ1v) is 3.24. The van der Waals surface area contributed by atoms with Crippen LogP contribution in [0.5, 0.6) is 0 Å². The van der Waals surface area contributed by atoms with Crippen LogP contribution in [-0.2, 0) is 0 Å². The van der Waals surface area contributed by atoms with E-state index in [1.165, 1.54) is 19.9 Å². The van der Waals surface area contributed by atoms with Gasteiger partial charge in [0.25, 0.3) is 0 Å². The smallest absolute Gasteiger partial charge is 0.166 e. The molecule has 0 aliphatic carbocycles. The van der Waals surface area contributed by atoms with Gasteiger partial charge < -0.3 is 0 Å². The molecule has 0 saturated heterocycles. The number of hydrogen-bond donors (Lipinski definition) is 0. The maximum atomic E-state index is 12.1. The van der Waals surface area contributed by atoms with Gasteiger partial charge in [0.15, 0.2) is 0 Å². The summed E-state index contributed by atoms with van der Waals surface area (Å²) in [6.07, 6.45) is -3.05. The van der Waals surface area contributed by atoms with Gasteiger partial charge in [-0.3, -0.25) is 0 Å². The van der Waals surface area contributed by atoms with Crippen LogP contribution < -0.4 is 0 Å². The number of hydrogen-bond acceptors (Lipinski definition) is 0. The molecule has 0 aliphatic rings. The first-order valence-electron chi connectivity index (χ1n) is 3.24. The lowest BCUT2D eigenvalue weighted by Gasteiger charge is -2.11. The van der Waals surface area contributed by atoms with Crippen LogP contribution in [0.4, 0.5) is 13.2 Å². The van der Waals surface area contributed by atoms with Gasteiger partial charge in [-0.1, -0.05) is 11.6 Å². The van der Waals surface area contributed by atoms with Gasteiger partial charge in [-0.25, -0.2) is 0 Å². The molecular formula is C8H11F3. The first-order chi connectivity index (χ1) is 4.89. The highest BCUT2D eigenvalue weighted by Gasteiger charge is 2.32. The van der Waals surface area contributed by atoms with Crippen molar-refractivity contribution in [2.24, 2.45) is 0 Å². The molecular weight excluding hydrogens is 153 g/mol. The zero-order chi connectivity index (χ0) is 9.07. The van der Waals surface area contributed by atoms with Crippen molar-refractivity contribution in [3.8, 4) is 0 Å². The largest absolute Gasteiger partial charge is 0.412 e. The minimum atomic E-state index is -4.20. The Morgan fingerprint density at radius 3 is 1.91 bits per heavy atom. The van der Waals surface area contributed by atoms with Crippen LogP contribution in [0.25, 0.3) is 0 Å². The summed E-state index contributed by atoms with van der Waals surface area (Å²) in [4.78, 5) is 0. The summed E-state index contributed by atoms with van der Waals surface area (Å²) in [5, 5.41) is 0. The molecule has 0 nitrogen and oxygen atoms in total. The summed E-state index contributed by atoms with van der Waals surface area (Å²) < 4.78 is 36.2. The summed E-state index contributed by atoms with van der Waals surface area (Å²) in [7, 11) is 0. The van der Waals surface area contributed by atoms with E-state index in [2.05, 4.69) is 6.58 Å². The molecule has 11 heavy (non-hydrogen) atoms. The third kappa shape index (κ3) is 3.25. The van der Waals surface area contributed by atoms with E-state index in [0.717, 1.165) is 0 Å². The van der Waals surface area contributed by atoms with Crippen molar-refractivity contribution in [3.63, 3.8) is 0 Å². The Kier molecular flexibility index (Phi) is 3.36. The Labute approximate surface area is 64.4 Å². The molecule has 0 atom stereocenters. The second-order valence-corrected chi connectivity index (χ2v) is 2.47. The molecule has 0 unspecified atom stereocenters. The molecule has 0 N–H and O–H groups in total. The molecule has 0 spiro atoms. The van der Waals surface area contributed by atoms with Gasteiger partial charge in [0.1, 0.15) is 0 Å². The van der Waals surface area contributed by atoms with E-state index in [0.29, 0.717) is 5.57 Å². The molecule has 0 radical (unpaired) electrons. The summed E-state index contributed by atoms with van der Waals surface area (Å²) in [5.74, 6) is 0. The number of alkyl halides is 3. The number of rotatable bonds is 2. The highest BCUT2D eigenvalue weighted by molar-refractivity contribution is 5.17. The van der Waals surface area contributed by atoms with E-state index in [9.17, 15) is 13.2 Å². The molecule has 0 aliphatic heterocycles. The molecule has 64 valence electrons. The Morgan fingerprint density at radius 1 is 1.36 bits per heavy atom. The van der Waals surface area contributed by atoms with Gasteiger partial charge in [0.05, 0.1) is 0 Å². The number of halogens is 3. The van der Waals surface area contributed by atoms with Crippen LogP contribution in [0, 0.1) is 0 Å². The summed E-state index contributed by atoms with van der Waals surface area (Å²) >= 11 is 0. The lowest BCUT2D eigenvalue weighted by Crippen LogP contribution is -2.12. The van der Waals surface area contributed by atoms with Gasteiger partial charge in [-0.05, 0) is 20.3 Å². The maximum Gasteiger partial charge on any atom is 0.412 e. The number of allylic oxidation sites excluding steroid dienone is 3. The second kappa shape index (κ2) is 3.60. The third-order valence-electron chi connectivity index (χ3n) is 1.29. The molecule has 0 fully saturated rings. The van der Waals surface area contributed by atoms with Crippen molar-refractivity contribution in [2.45, 2.75) is 26.4 Å². The van der Waals surface area contributed by atoms with Gasteiger partial charge >= 0.3 is 6.18 Å². The second-order valence-electron chi connectivity index (χ2n) is 2.47. The van der Waals surface area contributed by atoms with Gasteiger partial charge in [0.2, 0.25) is 0 Å². The lowest BCUT2D eigenvalue weighted by atomic mass is 10.1. The monoisotopic (exact) mass is 164 g/mol. The van der Waals surface area contributed by atoms with Crippen molar-refractivity contribution in [1.82, 2.24) is 0 Å². The molecule has 3 heteroatoms. The third-order valence-corrected chi connectivity index (χ3v) is 1.29. The summed E-state index contributed by atoms with van der Waals surface area (Å²) in [6.45, 7) is 6.16. The maximum absolute atomic E-state index is 12.1. The molecule has 0 aromatic carbocycles. The molecule has 0 bridgehead atoms. The van der Waals surface area contributed by atoms with Crippen LogP contribution in [0.1, 0.15) is 20.3 Å². The summed E-state index contributed by atoms with van der Waals surface area (Å²) in [6, 6.07) is 0. The van der Waals surface area contributed by atoms with E-state index in [4.69, 9.17) is 0 Å². The predicted molar refractivity (Wildman–Crippen MR) is 39.2 cm³/mol. The van der Waals surface area contributed by atoms with E-state index in [1.54, 1.807) is 0 Å². The fraction of sp³-hybridized carbons (Fsp3) is 0.500. The van der Waals surface area contributed by atoms with Crippen molar-refractivity contribution >= 4 is 0 Å². The van der Waals surface area contributed by atoms with Crippen molar-refractivity contribution < 1.29 is 13.2 Å². The van der Waals surface area contributed by atoms with Crippen molar-refractivity contribution in [2.75, 3.05) is 0 Å². The molecule has 0 rings (SSSR count). The Bertz CT molecular complexity index is 170. The highest BCUT2D eigenvalue weighted by atomic mass is 19.4. The normalized spacial score (nSPS) is 11.0. The Hall–Kier alpha value is -0.730. The summed E-state index contributed by atoms with van der Waals surface area (Å²) in [5.41, 5.74) is -0.190. The predicted octanol–water partition coefficient (Wildman–Crippen LogP) is 3.46. The molecule has 0 amide bonds. The van der Waals surface area contributed by atoms with Crippen LogP contribution in [0.15, 0.2) is 23.8 Å².